The molecule has 84 valence electrons. The molecule has 0 aromatic carbocycles. The van der Waals surface area contributed by atoms with E-state index in [1.165, 1.54) is 0 Å². The molecule has 0 spiro atoms. The van der Waals surface area contributed by atoms with Crippen molar-refractivity contribution in [2.75, 3.05) is 0 Å². The predicted molar refractivity (Wildman–Crippen MR) is 60.7 cm³/mol. The average Bonchev–Trinajstić information content (AvgIpc) is 2.72. The molecule has 0 fully saturated rings. The summed E-state index contributed by atoms with van der Waals surface area (Å²) < 4.78 is 5.36. The zero-order valence-corrected chi connectivity index (χ0v) is 10.5. The third-order valence-corrected chi connectivity index (χ3v) is 3.07. The second-order valence-electron chi connectivity index (χ2n) is 3.17. The topological polar surface area (TPSA) is 55.1 Å². The van der Waals surface area contributed by atoms with Crippen LogP contribution >= 0.6 is 15.9 Å². The second-order valence-corrected chi connectivity index (χ2v) is 4.27. The lowest BCUT2D eigenvalue weighted by molar-refractivity contribution is -0.120. The van der Waals surface area contributed by atoms with Crippen LogP contribution in [0.4, 0.5) is 0 Å². The van der Waals surface area contributed by atoms with Crippen molar-refractivity contribution in [3.63, 3.8) is 0 Å². The molecular weight excluding hydrogens is 260 g/mol. The second kappa shape index (κ2) is 5.90. The first-order chi connectivity index (χ1) is 7.17. The molecule has 0 radical (unpaired) electrons. The van der Waals surface area contributed by atoms with Gasteiger partial charge in [0, 0.05) is 6.42 Å². The molecule has 4 nitrogen and oxygen atoms in total. The summed E-state index contributed by atoms with van der Waals surface area (Å²) >= 11 is 3.27. The molecule has 1 unspecified atom stereocenters. The van der Waals surface area contributed by atoms with Crippen molar-refractivity contribution in [2.24, 2.45) is 0 Å². The highest BCUT2D eigenvalue weighted by Crippen LogP contribution is 2.06. The Balaban J connectivity index is 2.40. The highest BCUT2D eigenvalue weighted by atomic mass is 79.9. The number of amides is 1. The summed E-state index contributed by atoms with van der Waals surface area (Å²) in [6.07, 6.45) is 3.27. The lowest BCUT2D eigenvalue weighted by Gasteiger charge is -2.06. The van der Waals surface area contributed by atoms with Crippen LogP contribution in [0, 0.1) is 0 Å². The van der Waals surface area contributed by atoms with Gasteiger partial charge in [0.15, 0.2) is 0 Å². The van der Waals surface area contributed by atoms with Crippen LogP contribution in [-0.4, -0.2) is 15.7 Å². The predicted octanol–water partition coefficient (Wildman–Crippen LogP) is 2.03. The number of carbonyl (C=O) groups excluding carboxylic acids is 1. The van der Waals surface area contributed by atoms with Gasteiger partial charge in [0.25, 0.3) is 0 Å². The number of aromatic nitrogens is 1. The molecule has 0 saturated heterocycles. The van der Waals surface area contributed by atoms with Crippen LogP contribution in [0.5, 0.6) is 0 Å². The van der Waals surface area contributed by atoms with E-state index in [2.05, 4.69) is 26.2 Å². The molecule has 1 N–H and O–H groups in total. The number of hydrogen-bond donors (Lipinski definition) is 1. The zero-order valence-electron chi connectivity index (χ0n) is 8.92. The smallest absolute Gasteiger partial charge is 0.234 e. The van der Waals surface area contributed by atoms with Crippen molar-refractivity contribution in [2.45, 2.75) is 38.1 Å². The molecule has 1 rings (SSSR count). The summed E-state index contributed by atoms with van der Waals surface area (Å²) in [5.74, 6) is 1.36. The first-order valence-electron chi connectivity index (χ1n) is 5.02. The molecule has 1 heterocycles. The number of nitrogens with one attached hydrogen (secondary N) is 1. The zero-order chi connectivity index (χ0) is 11.3. The quantitative estimate of drug-likeness (QED) is 0.836. The summed E-state index contributed by atoms with van der Waals surface area (Å²) in [5, 5.41) is 2.74. The Morgan fingerprint density at radius 3 is 2.93 bits per heavy atom. The fraction of sp³-hybridized carbons (Fsp3) is 0.600. The maximum absolute atomic E-state index is 11.4. The monoisotopic (exact) mass is 274 g/mol. The fourth-order valence-corrected chi connectivity index (χ4v) is 1.21. The van der Waals surface area contributed by atoms with Crippen LogP contribution in [0.3, 0.4) is 0 Å². The van der Waals surface area contributed by atoms with Crippen LogP contribution in [0.2, 0.25) is 0 Å². The Morgan fingerprint density at radius 2 is 2.40 bits per heavy atom. The van der Waals surface area contributed by atoms with Gasteiger partial charge in [-0.3, -0.25) is 4.79 Å². The van der Waals surface area contributed by atoms with Gasteiger partial charge in [-0.05, 0) is 6.42 Å². The normalized spacial score (nSPS) is 12.5. The molecule has 1 aromatic heterocycles. The van der Waals surface area contributed by atoms with Crippen molar-refractivity contribution in [1.82, 2.24) is 10.3 Å². The minimum Gasteiger partial charge on any atom is -0.444 e. The summed E-state index contributed by atoms with van der Waals surface area (Å²) in [5.41, 5.74) is 0. The number of nitrogens with zero attached hydrogens (tertiary/aromatic N) is 1. The number of halogens is 1. The highest BCUT2D eigenvalue weighted by molar-refractivity contribution is 9.10. The minimum atomic E-state index is -0.141. The van der Waals surface area contributed by atoms with Gasteiger partial charge in [-0.2, -0.15) is 0 Å². The number of carbonyl (C=O) groups is 1. The molecule has 0 saturated carbocycles. The summed E-state index contributed by atoms with van der Waals surface area (Å²) in [7, 11) is 0. The Labute approximate surface area is 97.6 Å². The third kappa shape index (κ3) is 3.66. The molecule has 0 aliphatic rings. The SMILES string of the molecule is CCc1cnc(CNC(=O)C(Br)CC)o1. The Hall–Kier alpha value is -0.840. The minimum absolute atomic E-state index is 0.0336. The third-order valence-electron chi connectivity index (χ3n) is 2.01. The summed E-state index contributed by atoms with van der Waals surface area (Å²) in [6, 6.07) is 0. The van der Waals surface area contributed by atoms with Crippen LogP contribution in [-0.2, 0) is 17.8 Å². The standard InChI is InChI=1S/C10H15BrN2O2/c1-3-7-5-12-9(15-7)6-13-10(14)8(11)4-2/h5,8H,3-4,6H2,1-2H3,(H,13,14). The number of rotatable bonds is 5. The van der Waals surface area contributed by atoms with Crippen LogP contribution in [0.1, 0.15) is 31.9 Å². The number of hydrogen-bond acceptors (Lipinski definition) is 3. The Morgan fingerprint density at radius 1 is 1.67 bits per heavy atom. The van der Waals surface area contributed by atoms with E-state index in [9.17, 15) is 4.79 Å². The van der Waals surface area contributed by atoms with E-state index in [1.54, 1.807) is 6.20 Å². The van der Waals surface area contributed by atoms with Crippen LogP contribution < -0.4 is 5.32 Å². The van der Waals surface area contributed by atoms with E-state index in [1.807, 2.05) is 13.8 Å². The summed E-state index contributed by atoms with van der Waals surface area (Å²) in [4.78, 5) is 15.3. The molecule has 15 heavy (non-hydrogen) atoms. The van der Waals surface area contributed by atoms with Gasteiger partial charge in [0.2, 0.25) is 11.8 Å². The molecule has 1 atom stereocenters. The van der Waals surface area contributed by atoms with Gasteiger partial charge < -0.3 is 9.73 Å². The van der Waals surface area contributed by atoms with Gasteiger partial charge in [-0.15, -0.1) is 0 Å². The molecule has 0 aliphatic carbocycles. The first kappa shape index (κ1) is 12.2. The maximum Gasteiger partial charge on any atom is 0.234 e. The van der Waals surface area contributed by atoms with Crippen molar-refractivity contribution in [1.29, 1.82) is 0 Å². The molecule has 5 heteroatoms. The molecule has 0 aliphatic heterocycles. The largest absolute Gasteiger partial charge is 0.444 e. The summed E-state index contributed by atoms with van der Waals surface area (Å²) in [6.45, 7) is 4.29. The Bertz CT molecular complexity index is 325. The lowest BCUT2D eigenvalue weighted by atomic mass is 10.3. The van der Waals surface area contributed by atoms with Gasteiger partial charge in [0.1, 0.15) is 5.76 Å². The average molecular weight is 275 g/mol. The van der Waals surface area contributed by atoms with Gasteiger partial charge in [-0.1, -0.05) is 29.8 Å². The molecule has 1 amide bonds. The van der Waals surface area contributed by atoms with E-state index in [0.29, 0.717) is 12.4 Å². The number of aryl methyl sites for hydroxylation is 1. The van der Waals surface area contributed by atoms with Crippen molar-refractivity contribution >= 4 is 21.8 Å². The maximum atomic E-state index is 11.4. The van der Waals surface area contributed by atoms with E-state index in [-0.39, 0.29) is 10.7 Å². The number of oxazole rings is 1. The van der Waals surface area contributed by atoms with Crippen LogP contribution in [0.15, 0.2) is 10.6 Å². The van der Waals surface area contributed by atoms with E-state index in [0.717, 1.165) is 18.6 Å². The number of alkyl halides is 1. The van der Waals surface area contributed by atoms with Gasteiger partial charge in [0.05, 0.1) is 17.6 Å². The van der Waals surface area contributed by atoms with Crippen molar-refractivity contribution < 1.29 is 9.21 Å². The highest BCUT2D eigenvalue weighted by Gasteiger charge is 2.12. The first-order valence-corrected chi connectivity index (χ1v) is 5.94. The van der Waals surface area contributed by atoms with E-state index < -0.39 is 0 Å². The molecule has 0 bridgehead atoms. The Kier molecular flexibility index (Phi) is 4.81. The lowest BCUT2D eigenvalue weighted by Crippen LogP contribution is -2.30. The van der Waals surface area contributed by atoms with Crippen molar-refractivity contribution in [3.05, 3.63) is 17.8 Å². The van der Waals surface area contributed by atoms with Gasteiger partial charge in [-0.25, -0.2) is 4.98 Å². The van der Waals surface area contributed by atoms with E-state index in [4.69, 9.17) is 4.42 Å². The molecule has 1 aromatic rings. The van der Waals surface area contributed by atoms with Crippen LogP contribution in [0.25, 0.3) is 0 Å². The molecular formula is C10H15BrN2O2. The fourth-order valence-electron chi connectivity index (χ4n) is 1.05. The van der Waals surface area contributed by atoms with Gasteiger partial charge >= 0.3 is 0 Å². The van der Waals surface area contributed by atoms with E-state index >= 15 is 0 Å². The van der Waals surface area contributed by atoms with Crippen molar-refractivity contribution in [3.8, 4) is 0 Å².